The summed E-state index contributed by atoms with van der Waals surface area (Å²) in [6, 6.07) is 10.2. The molecule has 1 aromatic carbocycles. The zero-order chi connectivity index (χ0) is 16.2. The first kappa shape index (κ1) is 16.2. The molecule has 2 aromatic rings. The average Bonchev–Trinajstić information content (AvgIpc) is 2.50. The van der Waals surface area contributed by atoms with E-state index < -0.39 is 0 Å². The molecule has 1 aliphatic rings. The largest absolute Gasteiger partial charge is 0.340 e. The molecule has 0 atom stereocenters. The molecule has 0 amide bonds. The molecule has 122 valence electrons. The number of rotatable bonds is 4. The van der Waals surface area contributed by atoms with Gasteiger partial charge in [-0.05, 0) is 31.7 Å². The molecule has 3 rings (SSSR count). The van der Waals surface area contributed by atoms with E-state index in [1.54, 1.807) is 6.07 Å². The lowest BCUT2D eigenvalue weighted by Gasteiger charge is -2.32. The van der Waals surface area contributed by atoms with Crippen molar-refractivity contribution in [3.05, 3.63) is 46.9 Å². The van der Waals surface area contributed by atoms with Crippen LogP contribution in [0.3, 0.4) is 0 Å². The van der Waals surface area contributed by atoms with Gasteiger partial charge < -0.3 is 10.2 Å². The van der Waals surface area contributed by atoms with Gasteiger partial charge in [-0.3, -0.25) is 4.90 Å². The molecule has 1 saturated heterocycles. The number of halogens is 1. The van der Waals surface area contributed by atoms with Gasteiger partial charge in [0.25, 0.3) is 0 Å². The number of hydrogen-bond acceptors (Lipinski definition) is 5. The van der Waals surface area contributed by atoms with Gasteiger partial charge in [0.15, 0.2) is 0 Å². The lowest BCUT2D eigenvalue weighted by atomic mass is 10.2. The number of likely N-dealkylation sites (N-methyl/N-ethyl adjacent to an activating group) is 1. The van der Waals surface area contributed by atoms with Crippen LogP contribution in [0.4, 0.5) is 11.5 Å². The van der Waals surface area contributed by atoms with Crippen LogP contribution in [-0.2, 0) is 6.54 Å². The van der Waals surface area contributed by atoms with Gasteiger partial charge in [0.05, 0.1) is 0 Å². The van der Waals surface area contributed by atoms with Gasteiger partial charge in [-0.1, -0.05) is 23.7 Å². The van der Waals surface area contributed by atoms with Crippen LogP contribution in [0.25, 0.3) is 0 Å². The number of nitrogens with one attached hydrogen (secondary N) is 1. The highest BCUT2D eigenvalue weighted by atomic mass is 35.5. The van der Waals surface area contributed by atoms with Crippen molar-refractivity contribution < 1.29 is 0 Å². The minimum Gasteiger partial charge on any atom is -0.340 e. The Bertz CT molecular complexity index is 630. The molecule has 23 heavy (non-hydrogen) atoms. The molecule has 1 aliphatic heterocycles. The zero-order valence-electron chi connectivity index (χ0n) is 13.6. The van der Waals surface area contributed by atoms with Gasteiger partial charge in [-0.15, -0.1) is 0 Å². The summed E-state index contributed by atoms with van der Waals surface area (Å²) >= 11 is 5.96. The van der Waals surface area contributed by atoms with Crippen LogP contribution in [0.5, 0.6) is 0 Å². The van der Waals surface area contributed by atoms with Crippen molar-refractivity contribution in [3.63, 3.8) is 0 Å². The summed E-state index contributed by atoms with van der Waals surface area (Å²) in [4.78, 5) is 13.3. The Morgan fingerprint density at radius 1 is 1.09 bits per heavy atom. The molecule has 0 spiro atoms. The average molecular weight is 332 g/mol. The van der Waals surface area contributed by atoms with Crippen molar-refractivity contribution in [1.29, 1.82) is 0 Å². The second-order valence-electron chi connectivity index (χ2n) is 6.02. The van der Waals surface area contributed by atoms with Gasteiger partial charge >= 0.3 is 0 Å². The van der Waals surface area contributed by atoms with E-state index in [2.05, 4.69) is 56.4 Å². The highest BCUT2D eigenvalue weighted by Gasteiger charge is 2.13. The van der Waals surface area contributed by atoms with E-state index in [1.165, 1.54) is 5.56 Å². The summed E-state index contributed by atoms with van der Waals surface area (Å²) in [7, 11) is 2.18. The first-order valence-electron chi connectivity index (χ1n) is 7.86. The first-order valence-corrected chi connectivity index (χ1v) is 8.24. The third-order valence-electron chi connectivity index (χ3n) is 4.04. The summed E-state index contributed by atoms with van der Waals surface area (Å²) in [5, 5.41) is 3.72. The molecule has 1 aromatic heterocycles. The number of aromatic nitrogens is 2. The lowest BCUT2D eigenvalue weighted by molar-refractivity contribution is 0.148. The van der Waals surface area contributed by atoms with Crippen molar-refractivity contribution >= 4 is 23.1 Å². The minimum absolute atomic E-state index is 0.451. The number of benzene rings is 1. The Kier molecular flexibility index (Phi) is 5.10. The molecule has 1 fully saturated rings. The van der Waals surface area contributed by atoms with Crippen LogP contribution in [-0.4, -0.2) is 53.0 Å². The van der Waals surface area contributed by atoms with E-state index in [0.717, 1.165) is 38.4 Å². The predicted molar refractivity (Wildman–Crippen MR) is 94.3 cm³/mol. The third kappa shape index (κ3) is 4.64. The number of anilines is 2. The normalized spacial score (nSPS) is 16.5. The molecule has 0 saturated carbocycles. The maximum absolute atomic E-state index is 5.96. The quantitative estimate of drug-likeness (QED) is 0.873. The molecule has 0 bridgehead atoms. The minimum atomic E-state index is 0.451. The molecular weight excluding hydrogens is 310 g/mol. The predicted octanol–water partition coefficient (Wildman–Crippen LogP) is 2.93. The smallest absolute Gasteiger partial charge is 0.135 e. The number of nitrogens with zero attached hydrogens (tertiary/aromatic N) is 4. The van der Waals surface area contributed by atoms with Crippen LogP contribution in [0.1, 0.15) is 11.4 Å². The third-order valence-corrected chi connectivity index (χ3v) is 4.23. The second kappa shape index (κ2) is 7.25. The number of hydrogen-bond donors (Lipinski definition) is 1. The number of piperazine rings is 1. The van der Waals surface area contributed by atoms with Crippen molar-refractivity contribution in [3.8, 4) is 0 Å². The SMILES string of the molecule is Cc1nc(Cl)cc(Nc2ccc(CN3CCN(C)CC3)cc2)n1. The highest BCUT2D eigenvalue weighted by Crippen LogP contribution is 2.18. The zero-order valence-corrected chi connectivity index (χ0v) is 14.3. The summed E-state index contributed by atoms with van der Waals surface area (Å²) in [5.41, 5.74) is 2.33. The van der Waals surface area contributed by atoms with Crippen molar-refractivity contribution in [2.24, 2.45) is 0 Å². The van der Waals surface area contributed by atoms with E-state index in [1.807, 2.05) is 6.92 Å². The fraction of sp³-hybridized carbons (Fsp3) is 0.412. The standard InChI is InChI=1S/C17H22ClN5/c1-13-19-16(18)11-17(20-13)21-15-5-3-14(4-6-15)12-23-9-7-22(2)8-10-23/h3-6,11H,7-10,12H2,1-2H3,(H,19,20,21). The molecule has 0 radical (unpaired) electrons. The van der Waals surface area contributed by atoms with Crippen LogP contribution < -0.4 is 5.32 Å². The molecule has 6 heteroatoms. The van der Waals surface area contributed by atoms with Gasteiger partial charge in [-0.2, -0.15) is 0 Å². The Hall–Kier alpha value is -1.69. The Balaban J connectivity index is 1.60. The van der Waals surface area contributed by atoms with Gasteiger partial charge in [0.1, 0.15) is 16.8 Å². The second-order valence-corrected chi connectivity index (χ2v) is 6.41. The summed E-state index contributed by atoms with van der Waals surface area (Å²) in [5.74, 6) is 1.38. The van der Waals surface area contributed by atoms with Crippen LogP contribution >= 0.6 is 11.6 Å². The van der Waals surface area contributed by atoms with Gasteiger partial charge in [0, 0.05) is 44.5 Å². The fourth-order valence-electron chi connectivity index (χ4n) is 2.70. The molecule has 5 nitrogen and oxygen atoms in total. The topological polar surface area (TPSA) is 44.3 Å². The first-order chi connectivity index (χ1) is 11.1. The van der Waals surface area contributed by atoms with Gasteiger partial charge in [-0.25, -0.2) is 9.97 Å². The summed E-state index contributed by atoms with van der Waals surface area (Å²) in [6.45, 7) is 7.40. The van der Waals surface area contributed by atoms with Crippen LogP contribution in [0, 0.1) is 6.92 Å². The molecule has 0 aliphatic carbocycles. The highest BCUT2D eigenvalue weighted by molar-refractivity contribution is 6.29. The van der Waals surface area contributed by atoms with E-state index >= 15 is 0 Å². The molecule has 1 N–H and O–H groups in total. The maximum Gasteiger partial charge on any atom is 0.135 e. The summed E-state index contributed by atoms with van der Waals surface area (Å²) < 4.78 is 0. The van der Waals surface area contributed by atoms with E-state index in [4.69, 9.17) is 11.6 Å². The lowest BCUT2D eigenvalue weighted by Crippen LogP contribution is -2.43. The van der Waals surface area contributed by atoms with Crippen LogP contribution in [0.2, 0.25) is 5.15 Å². The van der Waals surface area contributed by atoms with E-state index in [9.17, 15) is 0 Å². The van der Waals surface area contributed by atoms with Crippen molar-refractivity contribution in [1.82, 2.24) is 19.8 Å². The number of aryl methyl sites for hydroxylation is 1. The monoisotopic (exact) mass is 331 g/mol. The summed E-state index contributed by atoms with van der Waals surface area (Å²) in [6.07, 6.45) is 0. The van der Waals surface area contributed by atoms with Crippen molar-refractivity contribution in [2.75, 3.05) is 38.5 Å². The Morgan fingerprint density at radius 2 is 1.78 bits per heavy atom. The Labute approximate surface area is 142 Å². The Morgan fingerprint density at radius 3 is 2.43 bits per heavy atom. The van der Waals surface area contributed by atoms with E-state index in [-0.39, 0.29) is 0 Å². The van der Waals surface area contributed by atoms with Crippen LogP contribution in [0.15, 0.2) is 30.3 Å². The molecule has 2 heterocycles. The molecule has 0 unspecified atom stereocenters. The fourth-order valence-corrected chi connectivity index (χ4v) is 2.93. The maximum atomic E-state index is 5.96. The van der Waals surface area contributed by atoms with Crippen molar-refractivity contribution in [2.45, 2.75) is 13.5 Å². The molecular formula is C17H22ClN5. The van der Waals surface area contributed by atoms with E-state index in [0.29, 0.717) is 16.8 Å². The van der Waals surface area contributed by atoms with Gasteiger partial charge in [0.2, 0.25) is 0 Å².